The number of aryl methyl sites for hydroxylation is 1. The van der Waals surface area contributed by atoms with Crippen LogP contribution < -0.4 is 10.6 Å². The summed E-state index contributed by atoms with van der Waals surface area (Å²) in [5.41, 5.74) is 3.69. The summed E-state index contributed by atoms with van der Waals surface area (Å²) in [7, 11) is 3.48. The summed E-state index contributed by atoms with van der Waals surface area (Å²) in [5, 5.41) is 7.93. The highest BCUT2D eigenvalue weighted by Crippen LogP contribution is 2.21. The molecule has 7 heteroatoms. The van der Waals surface area contributed by atoms with Crippen molar-refractivity contribution in [2.75, 3.05) is 33.7 Å². The van der Waals surface area contributed by atoms with E-state index in [2.05, 4.69) is 59.6 Å². The van der Waals surface area contributed by atoms with Crippen LogP contribution in [-0.4, -0.2) is 55.5 Å². The largest absolute Gasteiger partial charge is 0.358 e. The Morgan fingerprint density at radius 3 is 2.59 bits per heavy atom. The predicted molar refractivity (Wildman–Crippen MR) is 124 cm³/mol. The standard InChI is InChI=1S/C20H31N5O.HI/c1-14(2)12-22-20(23-13-19(26)25(4)5)21-11-10-16-15(3)24-18-9-7-6-8-17(16)18;/h6-9,14,24H,10-13H2,1-5H3,(H2,21,22,23);1H. The molecule has 3 N–H and O–H groups in total. The van der Waals surface area contributed by atoms with Crippen LogP contribution in [0.4, 0.5) is 0 Å². The quantitative estimate of drug-likeness (QED) is 0.321. The third-order valence-corrected chi connectivity index (χ3v) is 4.24. The minimum absolute atomic E-state index is 0. The number of fused-ring (bicyclic) bond motifs is 1. The summed E-state index contributed by atoms with van der Waals surface area (Å²) < 4.78 is 0. The van der Waals surface area contributed by atoms with Crippen molar-refractivity contribution < 1.29 is 4.79 Å². The number of benzene rings is 1. The van der Waals surface area contributed by atoms with Gasteiger partial charge in [0, 0.05) is 43.8 Å². The van der Waals surface area contributed by atoms with Gasteiger partial charge in [-0.1, -0.05) is 32.0 Å². The van der Waals surface area contributed by atoms with Crippen molar-refractivity contribution in [1.29, 1.82) is 0 Å². The Morgan fingerprint density at radius 1 is 1.22 bits per heavy atom. The normalized spacial score (nSPS) is 11.4. The van der Waals surface area contributed by atoms with Crippen molar-refractivity contribution in [1.82, 2.24) is 20.5 Å². The molecule has 27 heavy (non-hydrogen) atoms. The fourth-order valence-electron chi connectivity index (χ4n) is 2.73. The zero-order chi connectivity index (χ0) is 19.1. The first kappa shape index (κ1) is 23.3. The maximum absolute atomic E-state index is 11.8. The highest BCUT2D eigenvalue weighted by Gasteiger charge is 2.09. The Balaban J connectivity index is 0.00000364. The summed E-state index contributed by atoms with van der Waals surface area (Å²) in [6, 6.07) is 8.36. The molecule has 0 saturated carbocycles. The highest BCUT2D eigenvalue weighted by atomic mass is 127. The van der Waals surface area contributed by atoms with Crippen LogP contribution in [0.25, 0.3) is 10.9 Å². The van der Waals surface area contributed by atoms with Crippen LogP contribution in [0.3, 0.4) is 0 Å². The summed E-state index contributed by atoms with van der Waals surface area (Å²) >= 11 is 0. The summed E-state index contributed by atoms with van der Waals surface area (Å²) in [6.45, 7) is 8.11. The van der Waals surface area contributed by atoms with Crippen molar-refractivity contribution in [2.45, 2.75) is 27.2 Å². The van der Waals surface area contributed by atoms with Crippen LogP contribution >= 0.6 is 24.0 Å². The van der Waals surface area contributed by atoms with Gasteiger partial charge in [-0.15, -0.1) is 24.0 Å². The molecule has 1 heterocycles. The number of carbonyl (C=O) groups is 1. The van der Waals surface area contributed by atoms with E-state index >= 15 is 0 Å². The molecule has 0 bridgehead atoms. The molecule has 1 aromatic carbocycles. The van der Waals surface area contributed by atoms with E-state index in [9.17, 15) is 4.79 Å². The molecule has 2 rings (SSSR count). The Morgan fingerprint density at radius 2 is 1.93 bits per heavy atom. The van der Waals surface area contributed by atoms with Crippen molar-refractivity contribution in [3.8, 4) is 0 Å². The minimum atomic E-state index is -0.0110. The lowest BCUT2D eigenvalue weighted by Crippen LogP contribution is -2.41. The lowest BCUT2D eigenvalue weighted by atomic mass is 10.1. The Bertz CT molecular complexity index is 767. The van der Waals surface area contributed by atoms with Crippen molar-refractivity contribution in [3.05, 3.63) is 35.5 Å². The van der Waals surface area contributed by atoms with Crippen LogP contribution in [0.5, 0.6) is 0 Å². The maximum Gasteiger partial charge on any atom is 0.243 e. The molecule has 0 fully saturated rings. The van der Waals surface area contributed by atoms with Gasteiger partial charge in [0.15, 0.2) is 5.96 Å². The number of aromatic amines is 1. The molecule has 0 aliphatic carbocycles. The molecule has 0 aliphatic heterocycles. The number of halogens is 1. The number of guanidine groups is 1. The highest BCUT2D eigenvalue weighted by molar-refractivity contribution is 14.0. The molecule has 2 aromatic rings. The van der Waals surface area contributed by atoms with Gasteiger partial charge in [0.05, 0.1) is 0 Å². The molecule has 0 saturated heterocycles. The van der Waals surface area contributed by atoms with E-state index < -0.39 is 0 Å². The van der Waals surface area contributed by atoms with Crippen LogP contribution in [0, 0.1) is 12.8 Å². The number of likely N-dealkylation sites (N-methyl/N-ethyl adjacent to an activating group) is 1. The smallest absolute Gasteiger partial charge is 0.243 e. The number of nitrogens with zero attached hydrogens (tertiary/aromatic N) is 2. The fraction of sp³-hybridized carbons (Fsp3) is 0.500. The van der Waals surface area contributed by atoms with Crippen LogP contribution in [-0.2, 0) is 11.2 Å². The molecule has 1 amide bonds. The predicted octanol–water partition coefficient (Wildman–Crippen LogP) is 2.92. The number of carbonyl (C=O) groups excluding carboxylic acids is 1. The van der Waals surface area contributed by atoms with Gasteiger partial charge in [0.2, 0.25) is 5.91 Å². The molecule has 1 aromatic heterocycles. The maximum atomic E-state index is 11.8. The first-order valence-corrected chi connectivity index (χ1v) is 9.17. The second-order valence-electron chi connectivity index (χ2n) is 7.18. The second-order valence-corrected chi connectivity index (χ2v) is 7.18. The third-order valence-electron chi connectivity index (χ3n) is 4.24. The SMILES string of the molecule is Cc1[nH]c2ccccc2c1CCNC(=NCC(=O)N(C)C)NCC(C)C.I. The van der Waals surface area contributed by atoms with Gasteiger partial charge in [-0.25, -0.2) is 4.99 Å². The Hall–Kier alpha value is -1.77. The Labute approximate surface area is 179 Å². The number of nitrogens with one attached hydrogen (secondary N) is 3. The van der Waals surface area contributed by atoms with E-state index in [1.807, 2.05) is 6.07 Å². The van der Waals surface area contributed by atoms with E-state index in [0.717, 1.165) is 19.5 Å². The number of hydrogen-bond acceptors (Lipinski definition) is 2. The van der Waals surface area contributed by atoms with E-state index in [-0.39, 0.29) is 36.4 Å². The van der Waals surface area contributed by atoms with Crippen molar-refractivity contribution >= 4 is 46.7 Å². The first-order valence-electron chi connectivity index (χ1n) is 9.17. The van der Waals surface area contributed by atoms with Gasteiger partial charge in [0.25, 0.3) is 0 Å². The van der Waals surface area contributed by atoms with Gasteiger partial charge in [-0.2, -0.15) is 0 Å². The van der Waals surface area contributed by atoms with Gasteiger partial charge in [-0.3, -0.25) is 4.79 Å². The molecule has 0 spiro atoms. The van der Waals surface area contributed by atoms with Crippen molar-refractivity contribution in [2.24, 2.45) is 10.9 Å². The lowest BCUT2D eigenvalue weighted by Gasteiger charge is -2.15. The van der Waals surface area contributed by atoms with E-state index in [4.69, 9.17) is 0 Å². The topological polar surface area (TPSA) is 72.5 Å². The molecule has 150 valence electrons. The van der Waals surface area contributed by atoms with Gasteiger partial charge in [-0.05, 0) is 30.9 Å². The summed E-state index contributed by atoms with van der Waals surface area (Å²) in [6.07, 6.45) is 0.889. The van der Waals surface area contributed by atoms with Crippen LogP contribution in [0.15, 0.2) is 29.3 Å². The number of aromatic nitrogens is 1. The number of para-hydroxylation sites is 1. The monoisotopic (exact) mass is 485 g/mol. The number of amides is 1. The molecule has 6 nitrogen and oxygen atoms in total. The Kier molecular flexibility index (Phi) is 9.62. The van der Waals surface area contributed by atoms with Crippen molar-refractivity contribution in [3.63, 3.8) is 0 Å². The second kappa shape index (κ2) is 11.2. The minimum Gasteiger partial charge on any atom is -0.358 e. The molecular weight excluding hydrogens is 453 g/mol. The van der Waals surface area contributed by atoms with Crippen LogP contribution in [0.2, 0.25) is 0 Å². The summed E-state index contributed by atoms with van der Waals surface area (Å²) in [5.74, 6) is 1.18. The van der Waals surface area contributed by atoms with E-state index in [1.54, 1.807) is 19.0 Å². The number of H-pyrrole nitrogens is 1. The average Bonchev–Trinajstić information content (AvgIpc) is 2.91. The molecule has 0 unspecified atom stereocenters. The first-order chi connectivity index (χ1) is 12.4. The van der Waals surface area contributed by atoms with Gasteiger partial charge in [0.1, 0.15) is 6.54 Å². The van der Waals surface area contributed by atoms with E-state index in [1.165, 1.54) is 22.2 Å². The number of aliphatic imine (C=N–C) groups is 1. The molecule has 0 atom stereocenters. The fourth-order valence-corrected chi connectivity index (χ4v) is 2.73. The van der Waals surface area contributed by atoms with Gasteiger partial charge >= 0.3 is 0 Å². The van der Waals surface area contributed by atoms with Crippen LogP contribution in [0.1, 0.15) is 25.1 Å². The van der Waals surface area contributed by atoms with Gasteiger partial charge < -0.3 is 20.5 Å². The third kappa shape index (κ3) is 7.04. The average molecular weight is 485 g/mol. The summed E-state index contributed by atoms with van der Waals surface area (Å²) in [4.78, 5) is 21.2. The van der Waals surface area contributed by atoms with E-state index in [0.29, 0.717) is 11.9 Å². The molecule has 0 aliphatic rings. The number of rotatable bonds is 7. The zero-order valence-electron chi connectivity index (χ0n) is 16.9. The zero-order valence-corrected chi connectivity index (χ0v) is 19.3. The molecule has 0 radical (unpaired) electrons. The lowest BCUT2D eigenvalue weighted by molar-refractivity contribution is -0.127. The number of hydrogen-bond donors (Lipinski definition) is 3. The molecular formula is C20H32IN5O.